The largest absolute Gasteiger partial charge is 0.334 e. The van der Waals surface area contributed by atoms with E-state index in [4.69, 9.17) is 16.1 Å². The fourth-order valence-corrected chi connectivity index (χ4v) is 2.75. The normalized spacial score (nSPS) is 18.5. The Balaban J connectivity index is 1.60. The van der Waals surface area contributed by atoms with Crippen LogP contribution in [0.25, 0.3) is 11.5 Å². The number of aromatic nitrogens is 2. The van der Waals surface area contributed by atoms with Gasteiger partial charge in [0.15, 0.2) is 5.82 Å². The van der Waals surface area contributed by atoms with Crippen LogP contribution < -0.4 is 5.32 Å². The van der Waals surface area contributed by atoms with Gasteiger partial charge in [0, 0.05) is 23.2 Å². The molecule has 1 aliphatic heterocycles. The van der Waals surface area contributed by atoms with Gasteiger partial charge in [-0.2, -0.15) is 4.98 Å². The van der Waals surface area contributed by atoms with Gasteiger partial charge in [0.05, 0.1) is 6.54 Å². The lowest BCUT2D eigenvalue weighted by Gasteiger charge is -2.19. The van der Waals surface area contributed by atoms with Gasteiger partial charge in [-0.3, -0.25) is 4.90 Å². The predicted molar refractivity (Wildman–Crippen MR) is 82.1 cm³/mol. The molecule has 0 spiro atoms. The van der Waals surface area contributed by atoms with Crippen molar-refractivity contribution in [3.05, 3.63) is 35.1 Å². The van der Waals surface area contributed by atoms with Crippen LogP contribution in [0, 0.1) is 0 Å². The summed E-state index contributed by atoms with van der Waals surface area (Å²) >= 11 is 5.87. The van der Waals surface area contributed by atoms with E-state index in [1.54, 1.807) is 0 Å². The quantitative estimate of drug-likeness (QED) is 0.920. The van der Waals surface area contributed by atoms with Crippen LogP contribution in [0.3, 0.4) is 0 Å². The van der Waals surface area contributed by atoms with E-state index in [0.717, 1.165) is 18.7 Å². The maximum absolute atomic E-state index is 5.87. The van der Waals surface area contributed by atoms with Gasteiger partial charge in [0.1, 0.15) is 0 Å². The van der Waals surface area contributed by atoms with Gasteiger partial charge in [-0.15, -0.1) is 0 Å². The fourth-order valence-electron chi connectivity index (χ4n) is 2.62. The molecule has 0 bridgehead atoms. The number of benzene rings is 1. The number of rotatable bonds is 5. The highest BCUT2D eigenvalue weighted by Gasteiger charge is 2.17. The minimum atomic E-state index is 0.536. The first-order valence-electron chi connectivity index (χ1n) is 7.21. The average molecular weight is 307 g/mol. The predicted octanol–water partition coefficient (Wildman–Crippen LogP) is 2.57. The summed E-state index contributed by atoms with van der Waals surface area (Å²) in [5.41, 5.74) is 0.887. The highest BCUT2D eigenvalue weighted by Crippen LogP contribution is 2.20. The molecular weight excluding hydrogens is 288 g/mol. The van der Waals surface area contributed by atoms with Crippen molar-refractivity contribution < 1.29 is 4.52 Å². The standard InChI is InChI=1S/C15H19ClN4O/c1-20(9-13-3-2-8-17-13)10-14-18-15(21-19-14)11-4-6-12(16)7-5-11/h4-7,13,17H,2-3,8-10H2,1H3. The molecule has 0 aliphatic carbocycles. The van der Waals surface area contributed by atoms with E-state index in [2.05, 4.69) is 27.4 Å². The topological polar surface area (TPSA) is 54.2 Å². The molecule has 0 saturated carbocycles. The molecule has 1 aliphatic rings. The SMILES string of the molecule is CN(Cc1noc(-c2ccc(Cl)cc2)n1)CC1CCCN1. The van der Waals surface area contributed by atoms with Crippen LogP contribution in [0.2, 0.25) is 5.02 Å². The Morgan fingerprint density at radius 3 is 2.90 bits per heavy atom. The number of nitrogens with zero attached hydrogens (tertiary/aromatic N) is 3. The first-order valence-corrected chi connectivity index (χ1v) is 7.59. The third-order valence-corrected chi connectivity index (χ3v) is 3.92. The molecule has 2 heterocycles. The summed E-state index contributed by atoms with van der Waals surface area (Å²) in [4.78, 5) is 6.66. The Labute approximate surface area is 129 Å². The second kappa shape index (κ2) is 6.56. The smallest absolute Gasteiger partial charge is 0.257 e. The average Bonchev–Trinajstić information content (AvgIpc) is 3.11. The zero-order valence-electron chi connectivity index (χ0n) is 12.1. The van der Waals surface area contributed by atoms with Crippen molar-refractivity contribution in [2.45, 2.75) is 25.4 Å². The molecule has 0 amide bonds. The van der Waals surface area contributed by atoms with E-state index >= 15 is 0 Å². The van der Waals surface area contributed by atoms with Crippen LogP contribution in [0.4, 0.5) is 0 Å². The first kappa shape index (κ1) is 14.5. The van der Waals surface area contributed by atoms with E-state index in [9.17, 15) is 0 Å². The number of hydrogen-bond acceptors (Lipinski definition) is 5. The van der Waals surface area contributed by atoms with Crippen molar-refractivity contribution in [2.75, 3.05) is 20.1 Å². The van der Waals surface area contributed by atoms with Crippen LogP contribution in [0.15, 0.2) is 28.8 Å². The van der Waals surface area contributed by atoms with Gasteiger partial charge in [-0.25, -0.2) is 0 Å². The van der Waals surface area contributed by atoms with Crippen molar-refractivity contribution in [3.8, 4) is 11.5 Å². The Bertz CT molecular complexity index is 578. The number of nitrogens with one attached hydrogen (secondary N) is 1. The van der Waals surface area contributed by atoms with Crippen LogP contribution in [0.5, 0.6) is 0 Å². The van der Waals surface area contributed by atoms with Gasteiger partial charge in [0.2, 0.25) is 0 Å². The maximum atomic E-state index is 5.87. The van der Waals surface area contributed by atoms with Gasteiger partial charge in [-0.05, 0) is 50.7 Å². The second-order valence-corrected chi connectivity index (χ2v) is 5.95. The summed E-state index contributed by atoms with van der Waals surface area (Å²) < 4.78 is 5.31. The second-order valence-electron chi connectivity index (χ2n) is 5.51. The zero-order valence-corrected chi connectivity index (χ0v) is 12.8. The molecule has 3 rings (SSSR count). The van der Waals surface area contributed by atoms with Crippen molar-refractivity contribution in [1.29, 1.82) is 0 Å². The lowest BCUT2D eigenvalue weighted by Crippen LogP contribution is -2.35. The number of hydrogen-bond donors (Lipinski definition) is 1. The molecule has 1 aromatic heterocycles. The highest BCUT2D eigenvalue weighted by atomic mass is 35.5. The lowest BCUT2D eigenvalue weighted by molar-refractivity contribution is 0.281. The molecule has 1 atom stereocenters. The van der Waals surface area contributed by atoms with Crippen molar-refractivity contribution >= 4 is 11.6 Å². The molecular formula is C15H19ClN4O. The van der Waals surface area contributed by atoms with E-state index in [0.29, 0.717) is 29.3 Å². The molecule has 5 nitrogen and oxygen atoms in total. The van der Waals surface area contributed by atoms with Crippen molar-refractivity contribution in [2.24, 2.45) is 0 Å². The molecule has 2 aromatic rings. The molecule has 1 fully saturated rings. The third kappa shape index (κ3) is 3.81. The van der Waals surface area contributed by atoms with Gasteiger partial charge < -0.3 is 9.84 Å². The van der Waals surface area contributed by atoms with Crippen molar-refractivity contribution in [1.82, 2.24) is 20.4 Å². The van der Waals surface area contributed by atoms with E-state index in [1.165, 1.54) is 12.8 Å². The molecule has 21 heavy (non-hydrogen) atoms. The summed E-state index contributed by atoms with van der Waals surface area (Å²) in [5, 5.41) is 8.24. The van der Waals surface area contributed by atoms with Gasteiger partial charge in [-0.1, -0.05) is 16.8 Å². The first-order chi connectivity index (χ1) is 10.2. The maximum Gasteiger partial charge on any atom is 0.257 e. The molecule has 1 aromatic carbocycles. The summed E-state index contributed by atoms with van der Waals surface area (Å²) in [5.74, 6) is 1.24. The van der Waals surface area contributed by atoms with Crippen molar-refractivity contribution in [3.63, 3.8) is 0 Å². The van der Waals surface area contributed by atoms with Crippen LogP contribution >= 0.6 is 11.6 Å². The monoisotopic (exact) mass is 306 g/mol. The van der Waals surface area contributed by atoms with Gasteiger partial charge >= 0.3 is 0 Å². The van der Waals surface area contributed by atoms with Crippen LogP contribution in [-0.4, -0.2) is 41.2 Å². The Kier molecular flexibility index (Phi) is 4.53. The molecule has 1 N–H and O–H groups in total. The summed E-state index contributed by atoms with van der Waals surface area (Å²) in [6.07, 6.45) is 2.51. The zero-order chi connectivity index (χ0) is 14.7. The minimum absolute atomic E-state index is 0.536. The van der Waals surface area contributed by atoms with Crippen LogP contribution in [-0.2, 0) is 6.54 Å². The number of likely N-dealkylation sites (N-methyl/N-ethyl adjacent to an activating group) is 1. The molecule has 6 heteroatoms. The van der Waals surface area contributed by atoms with E-state index in [1.807, 2.05) is 24.3 Å². The lowest BCUT2D eigenvalue weighted by atomic mass is 10.2. The summed E-state index contributed by atoms with van der Waals surface area (Å²) in [6, 6.07) is 7.98. The van der Waals surface area contributed by atoms with E-state index in [-0.39, 0.29) is 0 Å². The fraction of sp³-hybridized carbons (Fsp3) is 0.467. The summed E-state index contributed by atoms with van der Waals surface area (Å²) in [7, 11) is 2.08. The number of halogens is 1. The summed E-state index contributed by atoms with van der Waals surface area (Å²) in [6.45, 7) is 2.82. The Morgan fingerprint density at radius 1 is 1.38 bits per heavy atom. The Morgan fingerprint density at radius 2 is 2.19 bits per heavy atom. The molecule has 1 saturated heterocycles. The van der Waals surface area contributed by atoms with Gasteiger partial charge in [0.25, 0.3) is 5.89 Å². The highest BCUT2D eigenvalue weighted by molar-refractivity contribution is 6.30. The Hall–Kier alpha value is -1.43. The molecule has 0 radical (unpaired) electrons. The molecule has 1 unspecified atom stereocenters. The third-order valence-electron chi connectivity index (χ3n) is 3.67. The van der Waals surface area contributed by atoms with Crippen LogP contribution in [0.1, 0.15) is 18.7 Å². The molecule has 112 valence electrons. The minimum Gasteiger partial charge on any atom is -0.334 e. The van der Waals surface area contributed by atoms with E-state index < -0.39 is 0 Å².